The van der Waals surface area contributed by atoms with E-state index in [4.69, 9.17) is 5.73 Å². The smallest absolute Gasteiger partial charge is 0.231 e. The van der Waals surface area contributed by atoms with Crippen LogP contribution < -0.4 is 16.4 Å². The molecule has 0 bridgehead atoms. The van der Waals surface area contributed by atoms with Gasteiger partial charge in [0.2, 0.25) is 11.9 Å². The van der Waals surface area contributed by atoms with Crippen LogP contribution in [0.15, 0.2) is 30.3 Å². The van der Waals surface area contributed by atoms with Crippen LogP contribution in [0.5, 0.6) is 0 Å². The van der Waals surface area contributed by atoms with Gasteiger partial charge in [-0.15, -0.1) is 0 Å². The monoisotopic (exact) mass is 255 g/mol. The van der Waals surface area contributed by atoms with E-state index in [2.05, 4.69) is 20.6 Å². The van der Waals surface area contributed by atoms with Gasteiger partial charge in [-0.1, -0.05) is 18.2 Å². The summed E-state index contributed by atoms with van der Waals surface area (Å²) in [5, 5.41) is 5.77. The van der Waals surface area contributed by atoms with Gasteiger partial charge in [-0.3, -0.25) is 4.79 Å². The lowest BCUT2D eigenvalue weighted by molar-refractivity contribution is -0.116. The number of nitrogens with zero attached hydrogens (tertiary/aromatic N) is 2. The maximum Gasteiger partial charge on any atom is 0.231 e. The average molecular weight is 255 g/mol. The molecule has 3 rings (SSSR count). The molecule has 2 aromatic rings. The lowest BCUT2D eigenvalue weighted by Gasteiger charge is -2.18. The van der Waals surface area contributed by atoms with Crippen molar-refractivity contribution in [1.29, 1.82) is 0 Å². The molecule has 0 radical (unpaired) electrons. The minimum Gasteiger partial charge on any atom is -0.383 e. The van der Waals surface area contributed by atoms with Gasteiger partial charge in [-0.2, -0.15) is 9.97 Å². The first kappa shape index (κ1) is 11.5. The summed E-state index contributed by atoms with van der Waals surface area (Å²) in [6.45, 7) is 0. The van der Waals surface area contributed by atoms with Crippen LogP contribution in [-0.2, 0) is 11.2 Å². The maximum atomic E-state index is 11.4. The first-order chi connectivity index (χ1) is 9.22. The fourth-order valence-electron chi connectivity index (χ4n) is 1.99. The Kier molecular flexibility index (Phi) is 2.75. The van der Waals surface area contributed by atoms with Crippen molar-refractivity contribution in [1.82, 2.24) is 9.97 Å². The summed E-state index contributed by atoms with van der Waals surface area (Å²) >= 11 is 0. The van der Waals surface area contributed by atoms with Crippen LogP contribution >= 0.6 is 0 Å². The Labute approximate surface area is 110 Å². The summed E-state index contributed by atoms with van der Waals surface area (Å²) in [5.41, 5.74) is 7.57. The molecular weight excluding hydrogens is 242 g/mol. The first-order valence-electron chi connectivity index (χ1n) is 6.01. The molecule has 0 atom stereocenters. The second-order valence-corrected chi connectivity index (χ2v) is 4.30. The van der Waals surface area contributed by atoms with E-state index in [1.54, 1.807) is 0 Å². The second-order valence-electron chi connectivity index (χ2n) is 4.30. The van der Waals surface area contributed by atoms with Crippen LogP contribution in [0.1, 0.15) is 12.0 Å². The van der Waals surface area contributed by atoms with Crippen LogP contribution in [0.3, 0.4) is 0 Å². The predicted octanol–water partition coefficient (Wildman–Crippen LogP) is 1.69. The number of carbonyl (C=O) groups excluding carboxylic acids is 1. The van der Waals surface area contributed by atoms with E-state index in [1.807, 2.05) is 30.3 Å². The van der Waals surface area contributed by atoms with Crippen molar-refractivity contribution in [2.45, 2.75) is 12.8 Å². The minimum atomic E-state index is -0.0451. The summed E-state index contributed by atoms with van der Waals surface area (Å²) in [6.07, 6.45) is 1.00. The first-order valence-corrected chi connectivity index (χ1v) is 6.01. The van der Waals surface area contributed by atoms with Gasteiger partial charge >= 0.3 is 0 Å². The Morgan fingerprint density at radius 3 is 2.74 bits per heavy atom. The van der Waals surface area contributed by atoms with E-state index in [1.165, 1.54) is 0 Å². The number of para-hydroxylation sites is 1. The number of hydrogen-bond donors (Lipinski definition) is 3. The standard InChI is InChI=1S/C13H13N5O/c14-11-9-6-7-10(19)16-12(9)18-13(17-11)15-8-4-2-1-3-5-8/h1-5H,6-7H2,(H4,14,15,16,17,18,19). The van der Waals surface area contributed by atoms with Crippen molar-refractivity contribution in [2.24, 2.45) is 0 Å². The number of fused-ring (bicyclic) bond motifs is 1. The van der Waals surface area contributed by atoms with E-state index in [-0.39, 0.29) is 5.91 Å². The number of rotatable bonds is 2. The lowest BCUT2D eigenvalue weighted by atomic mass is 10.1. The molecule has 19 heavy (non-hydrogen) atoms. The number of aromatic nitrogens is 2. The van der Waals surface area contributed by atoms with Crippen LogP contribution in [0.25, 0.3) is 0 Å². The number of benzene rings is 1. The van der Waals surface area contributed by atoms with Gasteiger partial charge in [0, 0.05) is 17.7 Å². The molecule has 0 unspecified atom stereocenters. The van der Waals surface area contributed by atoms with Crippen LogP contribution in [0.4, 0.5) is 23.3 Å². The van der Waals surface area contributed by atoms with Crippen molar-refractivity contribution in [3.05, 3.63) is 35.9 Å². The maximum absolute atomic E-state index is 11.4. The number of carbonyl (C=O) groups is 1. The van der Waals surface area contributed by atoms with Crippen LogP contribution in [0, 0.1) is 0 Å². The highest BCUT2D eigenvalue weighted by Gasteiger charge is 2.20. The highest BCUT2D eigenvalue weighted by molar-refractivity contribution is 5.93. The number of nitrogen functional groups attached to an aromatic ring is 1. The van der Waals surface area contributed by atoms with Gasteiger partial charge in [-0.25, -0.2) is 0 Å². The molecular formula is C13H13N5O. The zero-order valence-electron chi connectivity index (χ0n) is 10.2. The third-order valence-electron chi connectivity index (χ3n) is 2.93. The quantitative estimate of drug-likeness (QED) is 0.759. The van der Waals surface area contributed by atoms with E-state index < -0.39 is 0 Å². The minimum absolute atomic E-state index is 0.0451. The Hall–Kier alpha value is -2.63. The molecule has 0 saturated heterocycles. The van der Waals surface area contributed by atoms with Gasteiger partial charge in [0.05, 0.1) is 0 Å². The topological polar surface area (TPSA) is 92.9 Å². The third kappa shape index (κ3) is 2.33. The molecule has 6 heteroatoms. The fraction of sp³-hybridized carbons (Fsp3) is 0.154. The van der Waals surface area contributed by atoms with Crippen molar-refractivity contribution in [2.75, 3.05) is 16.4 Å². The molecule has 1 aliphatic rings. The zero-order chi connectivity index (χ0) is 13.2. The Bertz CT molecular complexity index is 626. The van der Waals surface area contributed by atoms with Gasteiger partial charge in [0.25, 0.3) is 0 Å². The fourth-order valence-corrected chi connectivity index (χ4v) is 1.99. The van der Waals surface area contributed by atoms with Crippen molar-refractivity contribution < 1.29 is 4.79 Å². The molecule has 6 nitrogen and oxygen atoms in total. The summed E-state index contributed by atoms with van der Waals surface area (Å²) in [6, 6.07) is 9.54. The zero-order valence-corrected chi connectivity index (χ0v) is 10.2. The SMILES string of the molecule is Nc1nc(Nc2ccccc2)nc2c1CCC(=O)N2. The van der Waals surface area contributed by atoms with Gasteiger partial charge in [-0.05, 0) is 18.6 Å². The predicted molar refractivity (Wildman–Crippen MR) is 73.1 cm³/mol. The van der Waals surface area contributed by atoms with E-state index >= 15 is 0 Å². The van der Waals surface area contributed by atoms with Crippen molar-refractivity contribution in [3.63, 3.8) is 0 Å². The van der Waals surface area contributed by atoms with Crippen molar-refractivity contribution in [3.8, 4) is 0 Å². The van der Waals surface area contributed by atoms with E-state index in [0.29, 0.717) is 30.4 Å². The average Bonchev–Trinajstić information content (AvgIpc) is 2.39. The van der Waals surface area contributed by atoms with Gasteiger partial charge in [0.15, 0.2) is 0 Å². The number of nitrogens with one attached hydrogen (secondary N) is 2. The number of nitrogens with two attached hydrogens (primary N) is 1. The van der Waals surface area contributed by atoms with Crippen LogP contribution in [0.2, 0.25) is 0 Å². The molecule has 1 amide bonds. The summed E-state index contributed by atoms with van der Waals surface area (Å²) in [4.78, 5) is 19.9. The van der Waals surface area contributed by atoms with Gasteiger partial charge < -0.3 is 16.4 Å². The molecule has 96 valence electrons. The number of amides is 1. The summed E-state index contributed by atoms with van der Waals surface area (Å²) in [5.74, 6) is 1.24. The molecule has 0 saturated carbocycles. The van der Waals surface area contributed by atoms with E-state index in [0.717, 1.165) is 11.3 Å². The molecule has 1 aromatic heterocycles. The molecule has 2 heterocycles. The van der Waals surface area contributed by atoms with Crippen LogP contribution in [-0.4, -0.2) is 15.9 Å². The molecule has 0 fully saturated rings. The normalized spacial score (nSPS) is 13.6. The third-order valence-corrected chi connectivity index (χ3v) is 2.93. The molecule has 0 aliphatic carbocycles. The van der Waals surface area contributed by atoms with Crippen molar-refractivity contribution >= 4 is 29.2 Å². The Morgan fingerprint density at radius 1 is 1.16 bits per heavy atom. The summed E-state index contributed by atoms with van der Waals surface area (Å²) in [7, 11) is 0. The highest BCUT2D eigenvalue weighted by Crippen LogP contribution is 2.26. The Balaban J connectivity index is 1.93. The Morgan fingerprint density at radius 2 is 1.95 bits per heavy atom. The molecule has 1 aromatic carbocycles. The molecule has 4 N–H and O–H groups in total. The largest absolute Gasteiger partial charge is 0.383 e. The number of anilines is 4. The number of hydrogen-bond acceptors (Lipinski definition) is 5. The molecule has 0 spiro atoms. The van der Waals surface area contributed by atoms with Gasteiger partial charge in [0.1, 0.15) is 11.6 Å². The second kappa shape index (κ2) is 4.56. The summed E-state index contributed by atoms with van der Waals surface area (Å²) < 4.78 is 0. The highest BCUT2D eigenvalue weighted by atomic mass is 16.1. The molecule has 1 aliphatic heterocycles. The lowest BCUT2D eigenvalue weighted by Crippen LogP contribution is -2.22. The van der Waals surface area contributed by atoms with E-state index in [9.17, 15) is 4.79 Å².